The number of pyridine rings is 1. The lowest BCUT2D eigenvalue weighted by Gasteiger charge is -2.06. The lowest BCUT2D eigenvalue weighted by Crippen LogP contribution is -1.97. The van der Waals surface area contributed by atoms with E-state index < -0.39 is 0 Å². The van der Waals surface area contributed by atoms with Crippen LogP contribution in [0.1, 0.15) is 42.6 Å². The Balaban J connectivity index is 1.53. The molecule has 8 heteroatoms. The minimum Gasteiger partial charge on any atom is -0.338 e. The van der Waals surface area contributed by atoms with Crippen LogP contribution in [0.15, 0.2) is 34.2 Å². The van der Waals surface area contributed by atoms with Crippen molar-refractivity contribution >= 4 is 11.8 Å². The van der Waals surface area contributed by atoms with Gasteiger partial charge in [-0.1, -0.05) is 16.9 Å². The highest BCUT2D eigenvalue weighted by molar-refractivity contribution is 7.99. The molecule has 0 unspecified atom stereocenters. The van der Waals surface area contributed by atoms with Crippen molar-refractivity contribution in [1.29, 1.82) is 0 Å². The van der Waals surface area contributed by atoms with Crippen LogP contribution in [-0.4, -0.2) is 29.9 Å². The first-order chi connectivity index (χ1) is 11.2. The van der Waals surface area contributed by atoms with Gasteiger partial charge in [-0.05, 0) is 31.9 Å². The molecule has 0 aromatic carbocycles. The summed E-state index contributed by atoms with van der Waals surface area (Å²) in [7, 11) is 1.95. The first-order valence-corrected chi connectivity index (χ1v) is 8.40. The molecule has 23 heavy (non-hydrogen) atoms. The van der Waals surface area contributed by atoms with E-state index in [-0.39, 0.29) is 5.25 Å². The minimum absolute atomic E-state index is 0.0275. The third-order valence-electron chi connectivity index (χ3n) is 3.78. The van der Waals surface area contributed by atoms with Gasteiger partial charge in [0.15, 0.2) is 16.8 Å². The van der Waals surface area contributed by atoms with Gasteiger partial charge in [0.25, 0.3) is 0 Å². The van der Waals surface area contributed by atoms with E-state index in [1.54, 1.807) is 24.2 Å². The van der Waals surface area contributed by atoms with Gasteiger partial charge >= 0.3 is 0 Å². The van der Waals surface area contributed by atoms with Crippen LogP contribution in [0.25, 0.3) is 11.4 Å². The molecule has 0 bridgehead atoms. The quantitative estimate of drug-likeness (QED) is 0.666. The predicted octanol–water partition coefficient (Wildman–Crippen LogP) is 2.99. The fraction of sp³-hybridized carbons (Fsp3) is 0.400. The Bertz CT molecular complexity index is 810. The van der Waals surface area contributed by atoms with Gasteiger partial charge in [-0.2, -0.15) is 4.98 Å². The second kappa shape index (κ2) is 5.77. The van der Waals surface area contributed by atoms with Crippen LogP contribution in [0.2, 0.25) is 0 Å². The lowest BCUT2D eigenvalue weighted by molar-refractivity contribution is 0.374. The summed E-state index contributed by atoms with van der Waals surface area (Å²) in [4.78, 5) is 8.62. The molecule has 118 valence electrons. The van der Waals surface area contributed by atoms with E-state index in [4.69, 9.17) is 4.52 Å². The highest BCUT2D eigenvalue weighted by atomic mass is 32.2. The molecule has 0 saturated heterocycles. The van der Waals surface area contributed by atoms with E-state index in [0.29, 0.717) is 11.8 Å². The van der Waals surface area contributed by atoms with Gasteiger partial charge in [-0.15, -0.1) is 10.2 Å². The molecule has 0 radical (unpaired) electrons. The fourth-order valence-corrected chi connectivity index (χ4v) is 3.14. The Hall–Kier alpha value is -2.22. The van der Waals surface area contributed by atoms with Gasteiger partial charge in [0, 0.05) is 30.9 Å². The van der Waals surface area contributed by atoms with Gasteiger partial charge in [-0.25, -0.2) is 0 Å². The van der Waals surface area contributed by atoms with Crippen molar-refractivity contribution in [2.45, 2.75) is 36.1 Å². The smallest absolute Gasteiger partial charge is 0.239 e. The monoisotopic (exact) mass is 328 g/mol. The molecule has 3 aromatic rings. The Kier molecular flexibility index (Phi) is 3.60. The van der Waals surface area contributed by atoms with E-state index in [9.17, 15) is 0 Å². The molecule has 0 N–H and O–H groups in total. The number of rotatable bonds is 5. The Labute approximate surface area is 137 Å². The maximum Gasteiger partial charge on any atom is 0.239 e. The molecule has 1 aliphatic carbocycles. The fourth-order valence-electron chi connectivity index (χ4n) is 2.29. The van der Waals surface area contributed by atoms with E-state index in [2.05, 4.69) is 25.3 Å². The molecule has 0 spiro atoms. The van der Waals surface area contributed by atoms with E-state index in [0.717, 1.165) is 35.2 Å². The largest absolute Gasteiger partial charge is 0.338 e. The van der Waals surface area contributed by atoms with Crippen LogP contribution in [0.4, 0.5) is 0 Å². The zero-order chi connectivity index (χ0) is 15.8. The molecule has 1 fully saturated rings. The maximum atomic E-state index is 5.38. The predicted molar refractivity (Wildman–Crippen MR) is 84.8 cm³/mol. The Morgan fingerprint density at radius 2 is 2.22 bits per heavy atom. The Morgan fingerprint density at radius 3 is 2.96 bits per heavy atom. The highest BCUT2D eigenvalue weighted by Gasteiger charge is 2.30. The number of hydrogen-bond acceptors (Lipinski definition) is 7. The first-order valence-electron chi connectivity index (χ1n) is 7.52. The molecular weight excluding hydrogens is 312 g/mol. The van der Waals surface area contributed by atoms with Crippen molar-refractivity contribution in [2.24, 2.45) is 7.05 Å². The van der Waals surface area contributed by atoms with E-state index in [1.165, 1.54) is 0 Å². The van der Waals surface area contributed by atoms with Crippen LogP contribution in [0.5, 0.6) is 0 Å². The van der Waals surface area contributed by atoms with E-state index >= 15 is 0 Å². The molecular formula is C15H16N6OS. The molecule has 0 aliphatic heterocycles. The van der Waals surface area contributed by atoms with Crippen molar-refractivity contribution in [2.75, 3.05) is 0 Å². The molecule has 1 aliphatic rings. The van der Waals surface area contributed by atoms with Crippen molar-refractivity contribution in [3.05, 3.63) is 36.2 Å². The van der Waals surface area contributed by atoms with Crippen LogP contribution in [0.3, 0.4) is 0 Å². The summed E-state index contributed by atoms with van der Waals surface area (Å²) >= 11 is 1.56. The third-order valence-corrected chi connectivity index (χ3v) is 4.91. The summed E-state index contributed by atoms with van der Waals surface area (Å²) in [6.45, 7) is 2.04. The van der Waals surface area contributed by atoms with Crippen molar-refractivity contribution in [3.63, 3.8) is 0 Å². The minimum atomic E-state index is 0.0275. The number of hydrogen-bond donors (Lipinski definition) is 0. The second-order valence-electron chi connectivity index (χ2n) is 5.63. The van der Waals surface area contributed by atoms with Gasteiger partial charge in [0.05, 0.1) is 5.25 Å². The zero-order valence-corrected chi connectivity index (χ0v) is 13.7. The molecule has 1 atom stereocenters. The van der Waals surface area contributed by atoms with E-state index in [1.807, 2.05) is 30.7 Å². The van der Waals surface area contributed by atoms with Gasteiger partial charge in [0.1, 0.15) is 0 Å². The number of aromatic nitrogens is 6. The molecule has 3 aromatic heterocycles. The van der Waals surface area contributed by atoms with Crippen molar-refractivity contribution < 1.29 is 4.52 Å². The average molecular weight is 328 g/mol. The third kappa shape index (κ3) is 2.86. The first kappa shape index (κ1) is 14.4. The summed E-state index contributed by atoms with van der Waals surface area (Å²) in [6, 6.07) is 3.85. The van der Waals surface area contributed by atoms with Crippen LogP contribution in [-0.2, 0) is 7.05 Å². The second-order valence-corrected chi connectivity index (χ2v) is 6.94. The van der Waals surface area contributed by atoms with Crippen molar-refractivity contribution in [3.8, 4) is 11.4 Å². The van der Waals surface area contributed by atoms with Gasteiger partial charge < -0.3 is 9.09 Å². The number of thioether (sulfide) groups is 1. The highest BCUT2D eigenvalue weighted by Crippen LogP contribution is 2.40. The summed E-state index contributed by atoms with van der Waals surface area (Å²) in [5.74, 6) is 2.76. The van der Waals surface area contributed by atoms with Crippen molar-refractivity contribution in [1.82, 2.24) is 29.9 Å². The summed E-state index contributed by atoms with van der Waals surface area (Å²) in [5.41, 5.74) is 0.941. The van der Waals surface area contributed by atoms with Crippen LogP contribution in [0, 0.1) is 0 Å². The topological polar surface area (TPSA) is 82.5 Å². The van der Waals surface area contributed by atoms with Crippen LogP contribution < -0.4 is 0 Å². The lowest BCUT2D eigenvalue weighted by atomic mass is 10.3. The van der Waals surface area contributed by atoms with Gasteiger partial charge in [0.2, 0.25) is 5.89 Å². The van der Waals surface area contributed by atoms with Crippen LogP contribution >= 0.6 is 11.8 Å². The SMILES string of the molecule is C[C@H](Sc1nnc(-c2cccnc2)n1C)c1nc(C2CC2)no1. The molecule has 1 saturated carbocycles. The summed E-state index contributed by atoms with van der Waals surface area (Å²) in [6.07, 6.45) is 5.85. The summed E-state index contributed by atoms with van der Waals surface area (Å²) in [5, 5.41) is 13.4. The standard InChI is InChI=1S/C15H16N6OS/c1-9(14-17-12(20-22-14)10-5-6-10)23-15-19-18-13(21(15)2)11-4-3-7-16-8-11/h3-4,7-10H,5-6H2,1-2H3/t9-/m0/s1. The molecule has 3 heterocycles. The number of nitrogens with zero attached hydrogens (tertiary/aromatic N) is 6. The molecule has 7 nitrogen and oxygen atoms in total. The Morgan fingerprint density at radius 1 is 1.35 bits per heavy atom. The van der Waals surface area contributed by atoms with Gasteiger partial charge in [-0.3, -0.25) is 4.98 Å². The molecule has 0 amide bonds. The maximum absolute atomic E-state index is 5.38. The summed E-state index contributed by atoms with van der Waals surface area (Å²) < 4.78 is 7.34. The zero-order valence-electron chi connectivity index (χ0n) is 12.9. The normalized spacial score (nSPS) is 15.7. The molecule has 4 rings (SSSR count). The average Bonchev–Trinajstić information content (AvgIpc) is 3.20.